The Morgan fingerprint density at radius 2 is 1.92 bits per heavy atom. The Kier molecular flexibility index (Phi) is 5.36. The molecule has 7 heteroatoms. The minimum atomic E-state index is -0.529. The van der Waals surface area contributed by atoms with Gasteiger partial charge in [-0.1, -0.05) is 6.07 Å². The third kappa shape index (κ3) is 4.11. The molecule has 0 radical (unpaired) electrons. The maximum absolute atomic E-state index is 12.2. The summed E-state index contributed by atoms with van der Waals surface area (Å²) in [7, 11) is 1.43. The first-order valence-corrected chi connectivity index (χ1v) is 8.43. The first-order valence-electron chi connectivity index (χ1n) is 8.43. The third-order valence-corrected chi connectivity index (χ3v) is 4.36. The molecule has 0 heterocycles. The quantitative estimate of drug-likeness (QED) is 0.632. The molecule has 0 atom stereocenters. The van der Waals surface area contributed by atoms with Crippen LogP contribution in [0.3, 0.4) is 0 Å². The molecule has 0 spiro atoms. The van der Waals surface area contributed by atoms with E-state index >= 15 is 0 Å². The number of rotatable bonds is 6. The molecule has 0 aliphatic heterocycles. The van der Waals surface area contributed by atoms with E-state index in [1.54, 1.807) is 0 Å². The van der Waals surface area contributed by atoms with Crippen molar-refractivity contribution in [3.8, 4) is 11.5 Å². The Labute approximate surface area is 151 Å². The number of non-ortho nitro benzene ring substituents is 1. The highest BCUT2D eigenvalue weighted by molar-refractivity contribution is 5.93. The van der Waals surface area contributed by atoms with E-state index in [0.717, 1.165) is 12.8 Å². The summed E-state index contributed by atoms with van der Waals surface area (Å²) in [6.45, 7) is -0.190. The lowest BCUT2D eigenvalue weighted by Gasteiger charge is -2.17. The number of aryl methyl sites for hydroxylation is 2. The van der Waals surface area contributed by atoms with E-state index in [4.69, 9.17) is 9.47 Å². The van der Waals surface area contributed by atoms with E-state index in [1.165, 1.54) is 49.3 Å². The van der Waals surface area contributed by atoms with Gasteiger partial charge >= 0.3 is 0 Å². The van der Waals surface area contributed by atoms with Gasteiger partial charge in [-0.2, -0.15) is 0 Å². The SMILES string of the molecule is COc1ccc([N+](=O)[O-])cc1NC(=O)COc1ccc2c(c1)CCCC2. The van der Waals surface area contributed by atoms with Crippen molar-refractivity contribution in [2.45, 2.75) is 25.7 Å². The molecule has 0 fully saturated rings. The molecule has 136 valence electrons. The van der Waals surface area contributed by atoms with Gasteiger partial charge < -0.3 is 14.8 Å². The van der Waals surface area contributed by atoms with Gasteiger partial charge in [0.15, 0.2) is 6.61 Å². The van der Waals surface area contributed by atoms with Gasteiger partial charge in [0, 0.05) is 12.1 Å². The monoisotopic (exact) mass is 356 g/mol. The van der Waals surface area contributed by atoms with Crippen LogP contribution in [0.25, 0.3) is 0 Å². The standard InChI is InChI=1S/C19H20N2O5/c1-25-18-9-7-15(21(23)24)11-17(18)20-19(22)12-26-16-8-6-13-4-2-3-5-14(13)10-16/h6-11H,2-5,12H2,1H3,(H,20,22). The van der Waals surface area contributed by atoms with Gasteiger partial charge in [-0.05, 0) is 55.0 Å². The van der Waals surface area contributed by atoms with E-state index in [0.29, 0.717) is 11.5 Å². The smallest absolute Gasteiger partial charge is 0.271 e. The molecule has 2 aromatic rings. The molecule has 1 aliphatic rings. The lowest BCUT2D eigenvalue weighted by Crippen LogP contribution is -2.20. The molecular formula is C19H20N2O5. The van der Waals surface area contributed by atoms with Crippen LogP contribution in [0.4, 0.5) is 11.4 Å². The minimum Gasteiger partial charge on any atom is -0.495 e. The van der Waals surface area contributed by atoms with Gasteiger partial charge in [-0.15, -0.1) is 0 Å². The minimum absolute atomic E-state index is 0.128. The Hall–Kier alpha value is -3.09. The number of nitro benzene ring substituents is 1. The molecule has 0 saturated carbocycles. The Morgan fingerprint density at radius 3 is 2.65 bits per heavy atom. The molecule has 26 heavy (non-hydrogen) atoms. The normalized spacial score (nSPS) is 12.8. The summed E-state index contributed by atoms with van der Waals surface area (Å²) in [5.74, 6) is 0.575. The van der Waals surface area contributed by atoms with Crippen LogP contribution >= 0.6 is 0 Å². The van der Waals surface area contributed by atoms with Crippen LogP contribution < -0.4 is 14.8 Å². The number of hydrogen-bond donors (Lipinski definition) is 1. The van der Waals surface area contributed by atoms with Crippen LogP contribution in [0, 0.1) is 10.1 Å². The number of nitrogens with zero attached hydrogens (tertiary/aromatic N) is 1. The fraction of sp³-hybridized carbons (Fsp3) is 0.316. The van der Waals surface area contributed by atoms with Gasteiger partial charge in [-0.25, -0.2) is 0 Å². The van der Waals surface area contributed by atoms with Crippen molar-refractivity contribution in [1.29, 1.82) is 0 Å². The van der Waals surface area contributed by atoms with Crippen LogP contribution in [0.15, 0.2) is 36.4 Å². The van der Waals surface area contributed by atoms with Crippen LogP contribution in [0.1, 0.15) is 24.0 Å². The van der Waals surface area contributed by atoms with Crippen LogP contribution in [0.5, 0.6) is 11.5 Å². The summed E-state index contributed by atoms with van der Waals surface area (Å²) < 4.78 is 10.7. The van der Waals surface area contributed by atoms with Crippen molar-refractivity contribution in [1.82, 2.24) is 0 Å². The van der Waals surface area contributed by atoms with Gasteiger partial charge in [0.05, 0.1) is 17.7 Å². The number of anilines is 1. The van der Waals surface area contributed by atoms with E-state index in [-0.39, 0.29) is 18.0 Å². The number of amides is 1. The highest BCUT2D eigenvalue weighted by atomic mass is 16.6. The van der Waals surface area contributed by atoms with E-state index in [9.17, 15) is 14.9 Å². The average Bonchev–Trinajstić information content (AvgIpc) is 2.66. The predicted octanol–water partition coefficient (Wildman–Crippen LogP) is 3.50. The lowest BCUT2D eigenvalue weighted by molar-refractivity contribution is -0.384. The molecular weight excluding hydrogens is 336 g/mol. The number of carbonyl (C=O) groups excluding carboxylic acids is 1. The molecule has 0 saturated heterocycles. The summed E-state index contributed by atoms with van der Waals surface area (Å²) >= 11 is 0. The van der Waals surface area contributed by atoms with Crippen LogP contribution in [-0.4, -0.2) is 24.5 Å². The zero-order valence-corrected chi connectivity index (χ0v) is 14.5. The summed E-state index contributed by atoms with van der Waals surface area (Å²) in [4.78, 5) is 22.5. The van der Waals surface area contributed by atoms with Crippen LogP contribution in [-0.2, 0) is 17.6 Å². The topological polar surface area (TPSA) is 90.7 Å². The first kappa shape index (κ1) is 17.7. The van der Waals surface area contributed by atoms with E-state index < -0.39 is 10.8 Å². The maximum Gasteiger partial charge on any atom is 0.271 e. The van der Waals surface area contributed by atoms with E-state index in [2.05, 4.69) is 5.32 Å². The van der Waals surface area contributed by atoms with Gasteiger partial charge in [0.1, 0.15) is 11.5 Å². The van der Waals surface area contributed by atoms with Crippen molar-refractivity contribution in [2.24, 2.45) is 0 Å². The molecule has 2 aromatic carbocycles. The number of methoxy groups -OCH3 is 1. The first-order chi connectivity index (χ1) is 12.6. The second-order valence-electron chi connectivity index (χ2n) is 6.12. The predicted molar refractivity (Wildman–Crippen MR) is 96.9 cm³/mol. The summed E-state index contributed by atoms with van der Waals surface area (Å²) in [6, 6.07) is 9.91. The van der Waals surface area contributed by atoms with Crippen molar-refractivity contribution < 1.29 is 19.2 Å². The average molecular weight is 356 g/mol. The fourth-order valence-electron chi connectivity index (χ4n) is 3.04. The second kappa shape index (κ2) is 7.86. The molecule has 0 bridgehead atoms. The largest absolute Gasteiger partial charge is 0.495 e. The van der Waals surface area contributed by atoms with Crippen molar-refractivity contribution >= 4 is 17.3 Å². The van der Waals surface area contributed by atoms with Crippen LogP contribution in [0.2, 0.25) is 0 Å². The molecule has 1 aliphatic carbocycles. The number of fused-ring (bicyclic) bond motifs is 1. The number of hydrogen-bond acceptors (Lipinski definition) is 5. The molecule has 1 amide bonds. The summed E-state index contributed by atoms with van der Waals surface area (Å²) in [5, 5.41) is 13.5. The Balaban J connectivity index is 1.64. The molecule has 1 N–H and O–H groups in total. The molecule has 3 rings (SSSR count). The number of carbonyl (C=O) groups is 1. The van der Waals surface area contributed by atoms with Gasteiger partial charge in [0.25, 0.3) is 11.6 Å². The van der Waals surface area contributed by atoms with Gasteiger partial charge in [-0.3, -0.25) is 14.9 Å². The number of nitro groups is 1. The molecule has 0 unspecified atom stereocenters. The van der Waals surface area contributed by atoms with Gasteiger partial charge in [0.2, 0.25) is 0 Å². The zero-order chi connectivity index (χ0) is 18.5. The number of nitrogens with one attached hydrogen (secondary N) is 1. The number of benzene rings is 2. The van der Waals surface area contributed by atoms with Crippen molar-refractivity contribution in [2.75, 3.05) is 19.0 Å². The highest BCUT2D eigenvalue weighted by Crippen LogP contribution is 2.29. The maximum atomic E-state index is 12.2. The zero-order valence-electron chi connectivity index (χ0n) is 14.5. The lowest BCUT2D eigenvalue weighted by atomic mass is 9.92. The van der Waals surface area contributed by atoms with Crippen molar-refractivity contribution in [3.05, 3.63) is 57.6 Å². The third-order valence-electron chi connectivity index (χ3n) is 4.36. The number of ether oxygens (including phenoxy) is 2. The summed E-state index contributed by atoms with van der Waals surface area (Å²) in [6.07, 6.45) is 4.50. The van der Waals surface area contributed by atoms with Crippen molar-refractivity contribution in [3.63, 3.8) is 0 Å². The Bertz CT molecular complexity index is 835. The van der Waals surface area contributed by atoms with E-state index in [1.807, 2.05) is 18.2 Å². The fourth-order valence-corrected chi connectivity index (χ4v) is 3.04. The molecule has 7 nitrogen and oxygen atoms in total. The summed E-state index contributed by atoms with van der Waals surface area (Å²) in [5.41, 5.74) is 2.72. The highest BCUT2D eigenvalue weighted by Gasteiger charge is 2.15. The second-order valence-corrected chi connectivity index (χ2v) is 6.12. The Morgan fingerprint density at radius 1 is 1.15 bits per heavy atom. The molecule has 0 aromatic heterocycles.